The summed E-state index contributed by atoms with van der Waals surface area (Å²) >= 11 is 0. The number of rotatable bonds is 10. The molecule has 0 unspecified atom stereocenters. The second-order valence-electron chi connectivity index (χ2n) is 9.52. The average molecular weight is 565 g/mol. The molecular weight excluding hydrogens is 532 g/mol. The van der Waals surface area contributed by atoms with Crippen LogP contribution in [0.1, 0.15) is 35.9 Å². The number of nitrogens with one attached hydrogen (secondary N) is 4. The topological polar surface area (TPSA) is 135 Å². The van der Waals surface area contributed by atoms with Crippen molar-refractivity contribution in [1.82, 2.24) is 25.1 Å². The number of pyridine rings is 2. The number of unbranched alkanes of at least 4 members (excludes halogenated alkanes) is 1. The van der Waals surface area contributed by atoms with E-state index in [1.165, 1.54) is 6.20 Å². The third kappa shape index (κ3) is 6.64. The van der Waals surface area contributed by atoms with Gasteiger partial charge in [-0.25, -0.2) is 14.5 Å². The number of nitrogens with zero attached hydrogens (tertiary/aromatic N) is 4. The van der Waals surface area contributed by atoms with E-state index in [0.29, 0.717) is 23.0 Å². The standard InChI is InChI=1S/C31H32N8O3/c1-4-5-6-22-18-29(39(38-22)23-10-13-26-20(17-23)7-14-28(32-2)36-26)37-31(41)35-21-8-11-24(12-9-21)42-25-15-16-34-27(19-25)30(40)33-3/h7-19H,4-6H2,1-3H3,(H,32,36)(H,33,40)(H2,35,37,41). The minimum atomic E-state index is -0.405. The van der Waals surface area contributed by atoms with Gasteiger partial charge >= 0.3 is 6.03 Å². The Hall–Kier alpha value is -5.45. The van der Waals surface area contributed by atoms with Crippen LogP contribution in [0.15, 0.2) is 79.0 Å². The van der Waals surface area contributed by atoms with Crippen LogP contribution >= 0.6 is 0 Å². The van der Waals surface area contributed by atoms with Crippen LogP contribution in [0, 0.1) is 0 Å². The summed E-state index contributed by atoms with van der Waals surface area (Å²) in [7, 11) is 3.38. The predicted octanol–water partition coefficient (Wildman–Crippen LogP) is 6.00. The zero-order chi connectivity index (χ0) is 29.5. The summed E-state index contributed by atoms with van der Waals surface area (Å²) in [5, 5.41) is 17.1. The lowest BCUT2D eigenvalue weighted by Crippen LogP contribution is -2.21. The normalized spacial score (nSPS) is 10.7. The average Bonchev–Trinajstić information content (AvgIpc) is 3.42. The molecule has 0 bridgehead atoms. The Bertz CT molecular complexity index is 1720. The molecule has 5 aromatic rings. The van der Waals surface area contributed by atoms with E-state index in [0.717, 1.165) is 47.4 Å². The summed E-state index contributed by atoms with van der Waals surface area (Å²) in [5.41, 5.74) is 3.41. The molecular formula is C31H32N8O3. The molecule has 0 saturated heterocycles. The van der Waals surface area contributed by atoms with Crippen molar-refractivity contribution in [2.75, 3.05) is 30.0 Å². The highest BCUT2D eigenvalue weighted by molar-refractivity contribution is 5.99. The van der Waals surface area contributed by atoms with E-state index in [9.17, 15) is 9.59 Å². The fraction of sp³-hybridized carbons (Fsp3) is 0.194. The number of aryl methyl sites for hydroxylation is 1. The molecule has 3 heterocycles. The van der Waals surface area contributed by atoms with Crippen molar-refractivity contribution in [3.63, 3.8) is 0 Å². The van der Waals surface area contributed by atoms with Crippen molar-refractivity contribution < 1.29 is 14.3 Å². The van der Waals surface area contributed by atoms with Crippen LogP contribution < -0.4 is 26.0 Å². The summed E-state index contributed by atoms with van der Waals surface area (Å²) in [6.07, 6.45) is 4.36. The molecule has 0 spiro atoms. The highest BCUT2D eigenvalue weighted by atomic mass is 16.5. The monoisotopic (exact) mass is 564 g/mol. The van der Waals surface area contributed by atoms with Crippen LogP contribution in [-0.4, -0.2) is 45.8 Å². The Morgan fingerprint density at radius 2 is 1.74 bits per heavy atom. The van der Waals surface area contributed by atoms with Gasteiger partial charge in [0.2, 0.25) is 0 Å². The number of hydrogen-bond acceptors (Lipinski definition) is 7. The number of fused-ring (bicyclic) bond motifs is 1. The molecule has 0 atom stereocenters. The zero-order valence-corrected chi connectivity index (χ0v) is 23.6. The number of carbonyl (C=O) groups excluding carboxylic acids is 2. The summed E-state index contributed by atoms with van der Waals surface area (Å²) < 4.78 is 7.59. The lowest BCUT2D eigenvalue weighted by atomic mass is 10.2. The third-order valence-corrected chi connectivity index (χ3v) is 6.50. The Balaban J connectivity index is 1.30. The van der Waals surface area contributed by atoms with Crippen molar-refractivity contribution in [1.29, 1.82) is 0 Å². The fourth-order valence-corrected chi connectivity index (χ4v) is 4.33. The van der Waals surface area contributed by atoms with Crippen molar-refractivity contribution in [3.05, 3.63) is 90.4 Å². The maximum Gasteiger partial charge on any atom is 0.324 e. The molecule has 2 aromatic carbocycles. The molecule has 0 aliphatic rings. The quantitative estimate of drug-likeness (QED) is 0.163. The molecule has 11 nitrogen and oxygen atoms in total. The second-order valence-corrected chi connectivity index (χ2v) is 9.52. The first-order valence-corrected chi connectivity index (χ1v) is 13.7. The molecule has 11 heteroatoms. The Morgan fingerprint density at radius 3 is 2.50 bits per heavy atom. The molecule has 214 valence electrons. The van der Waals surface area contributed by atoms with Gasteiger partial charge in [-0.3, -0.25) is 15.1 Å². The molecule has 42 heavy (non-hydrogen) atoms. The number of amides is 3. The molecule has 0 saturated carbocycles. The van der Waals surface area contributed by atoms with Crippen molar-refractivity contribution >= 4 is 40.2 Å². The largest absolute Gasteiger partial charge is 0.457 e. The molecule has 0 radical (unpaired) electrons. The third-order valence-electron chi connectivity index (χ3n) is 6.50. The maximum absolute atomic E-state index is 13.0. The van der Waals surface area contributed by atoms with E-state index in [2.05, 4.69) is 38.2 Å². The fourth-order valence-electron chi connectivity index (χ4n) is 4.33. The molecule has 0 fully saturated rings. The predicted molar refractivity (Wildman–Crippen MR) is 164 cm³/mol. The van der Waals surface area contributed by atoms with E-state index in [-0.39, 0.29) is 11.6 Å². The zero-order valence-electron chi connectivity index (χ0n) is 23.6. The highest BCUT2D eigenvalue weighted by Crippen LogP contribution is 2.25. The Kier molecular flexibility index (Phi) is 8.57. The van der Waals surface area contributed by atoms with Crippen molar-refractivity contribution in [2.24, 2.45) is 0 Å². The number of ether oxygens (including phenoxy) is 1. The highest BCUT2D eigenvalue weighted by Gasteiger charge is 2.14. The number of aromatic nitrogens is 4. The number of benzene rings is 2. The van der Waals surface area contributed by atoms with E-state index in [1.54, 1.807) is 48.1 Å². The van der Waals surface area contributed by atoms with Gasteiger partial charge in [0.15, 0.2) is 0 Å². The molecule has 3 amide bonds. The minimum Gasteiger partial charge on any atom is -0.457 e. The minimum absolute atomic E-state index is 0.255. The molecule has 0 aliphatic carbocycles. The van der Waals surface area contributed by atoms with Gasteiger partial charge in [0.1, 0.15) is 28.8 Å². The van der Waals surface area contributed by atoms with Gasteiger partial charge in [0, 0.05) is 43.5 Å². The van der Waals surface area contributed by atoms with Crippen LogP contribution in [-0.2, 0) is 6.42 Å². The van der Waals surface area contributed by atoms with Gasteiger partial charge < -0.3 is 20.7 Å². The molecule has 4 N–H and O–H groups in total. The van der Waals surface area contributed by atoms with Gasteiger partial charge in [-0.2, -0.15) is 5.10 Å². The van der Waals surface area contributed by atoms with E-state index >= 15 is 0 Å². The van der Waals surface area contributed by atoms with Gasteiger partial charge in [-0.15, -0.1) is 0 Å². The van der Waals surface area contributed by atoms with Gasteiger partial charge in [-0.1, -0.05) is 13.3 Å². The van der Waals surface area contributed by atoms with Gasteiger partial charge in [0.05, 0.1) is 16.9 Å². The first-order valence-electron chi connectivity index (χ1n) is 13.7. The number of anilines is 3. The van der Waals surface area contributed by atoms with Crippen LogP contribution in [0.5, 0.6) is 11.5 Å². The lowest BCUT2D eigenvalue weighted by molar-refractivity contribution is 0.0957. The van der Waals surface area contributed by atoms with E-state index in [4.69, 9.17) is 9.84 Å². The maximum atomic E-state index is 13.0. The molecule has 5 rings (SSSR count). The van der Waals surface area contributed by atoms with Crippen LogP contribution in [0.4, 0.5) is 22.1 Å². The first kappa shape index (κ1) is 28.1. The summed E-state index contributed by atoms with van der Waals surface area (Å²) in [6.45, 7) is 2.13. The van der Waals surface area contributed by atoms with Gasteiger partial charge in [0.25, 0.3) is 5.91 Å². The smallest absolute Gasteiger partial charge is 0.324 e. The van der Waals surface area contributed by atoms with E-state index in [1.807, 2.05) is 43.4 Å². The molecule has 3 aromatic heterocycles. The lowest BCUT2D eigenvalue weighted by Gasteiger charge is -2.12. The van der Waals surface area contributed by atoms with Crippen LogP contribution in [0.25, 0.3) is 16.6 Å². The SMILES string of the molecule is CCCCc1cc(NC(=O)Nc2ccc(Oc3ccnc(C(=O)NC)c3)cc2)n(-c2ccc3nc(NC)ccc3c2)n1. The van der Waals surface area contributed by atoms with Crippen molar-refractivity contribution in [3.8, 4) is 17.2 Å². The summed E-state index contributed by atoms with van der Waals surface area (Å²) in [4.78, 5) is 33.5. The second kappa shape index (κ2) is 12.8. The summed E-state index contributed by atoms with van der Waals surface area (Å²) in [5.74, 6) is 2.07. The van der Waals surface area contributed by atoms with E-state index < -0.39 is 6.03 Å². The Labute approximate surface area is 243 Å². The van der Waals surface area contributed by atoms with Crippen LogP contribution in [0.2, 0.25) is 0 Å². The Morgan fingerprint density at radius 1 is 0.905 bits per heavy atom. The molecule has 0 aliphatic heterocycles. The van der Waals surface area contributed by atoms with Crippen molar-refractivity contribution in [2.45, 2.75) is 26.2 Å². The first-order chi connectivity index (χ1) is 20.4. The number of carbonyl (C=O) groups is 2. The van der Waals surface area contributed by atoms with Crippen LogP contribution in [0.3, 0.4) is 0 Å². The summed E-state index contributed by atoms with van der Waals surface area (Å²) in [6, 6.07) is 21.4. The van der Waals surface area contributed by atoms with Gasteiger partial charge in [-0.05, 0) is 73.5 Å². The number of hydrogen-bond donors (Lipinski definition) is 4. The number of urea groups is 1.